The average molecular weight is 388 g/mol. The van der Waals surface area contributed by atoms with Crippen molar-refractivity contribution in [2.24, 2.45) is 0 Å². The van der Waals surface area contributed by atoms with E-state index in [0.29, 0.717) is 6.54 Å². The molecule has 27 heavy (non-hydrogen) atoms. The quantitative estimate of drug-likeness (QED) is 0.768. The van der Waals surface area contributed by atoms with Crippen LogP contribution in [0.3, 0.4) is 0 Å². The number of piperazine rings is 1. The molecule has 0 saturated carbocycles. The smallest absolute Gasteiger partial charge is 0.278 e. The van der Waals surface area contributed by atoms with E-state index in [0.717, 1.165) is 43.3 Å². The largest absolute Gasteiger partial charge is 0.332 e. The number of halogens is 1. The average Bonchev–Trinajstić information content (AvgIpc) is 2.68. The molecule has 0 radical (unpaired) electrons. The van der Waals surface area contributed by atoms with Crippen molar-refractivity contribution >= 4 is 17.5 Å². The lowest BCUT2D eigenvalue weighted by Crippen LogP contribution is -3.13. The van der Waals surface area contributed by atoms with Crippen LogP contribution in [-0.4, -0.2) is 43.5 Å². The minimum absolute atomic E-state index is 0.176. The summed E-state index contributed by atoms with van der Waals surface area (Å²) in [6.07, 6.45) is 0. The van der Waals surface area contributed by atoms with Crippen molar-refractivity contribution in [3.63, 3.8) is 0 Å². The molecular weight excluding hydrogens is 358 g/mol. The molecule has 1 heterocycles. The van der Waals surface area contributed by atoms with Crippen LogP contribution in [0.5, 0.6) is 0 Å². The first-order valence-electron chi connectivity index (χ1n) is 9.78. The second-order valence-corrected chi connectivity index (χ2v) is 7.89. The lowest BCUT2D eigenvalue weighted by atomic mass is 10.1. The summed E-state index contributed by atoms with van der Waals surface area (Å²) in [6, 6.07) is 16.6. The molecule has 4 nitrogen and oxygen atoms in total. The number of nitrogens with two attached hydrogens (primary N) is 1. The van der Waals surface area contributed by atoms with Gasteiger partial charge in [0, 0.05) is 16.1 Å². The summed E-state index contributed by atoms with van der Waals surface area (Å²) < 4.78 is 0. The Morgan fingerprint density at radius 1 is 1.15 bits per heavy atom. The fourth-order valence-corrected chi connectivity index (χ4v) is 4.01. The fraction of sp³-hybridized carbons (Fsp3) is 0.409. The molecule has 0 spiro atoms. The van der Waals surface area contributed by atoms with Gasteiger partial charge in [0.25, 0.3) is 5.91 Å². The van der Waals surface area contributed by atoms with Gasteiger partial charge in [0.15, 0.2) is 6.54 Å². The van der Waals surface area contributed by atoms with Gasteiger partial charge in [0.05, 0.1) is 26.2 Å². The van der Waals surface area contributed by atoms with Crippen molar-refractivity contribution in [1.29, 1.82) is 0 Å². The second-order valence-electron chi connectivity index (χ2n) is 7.48. The molecule has 1 aliphatic heterocycles. The Morgan fingerprint density at radius 3 is 2.52 bits per heavy atom. The van der Waals surface area contributed by atoms with E-state index in [9.17, 15) is 4.79 Å². The monoisotopic (exact) mass is 387 g/mol. The van der Waals surface area contributed by atoms with Gasteiger partial charge in [-0.3, -0.25) is 4.79 Å². The van der Waals surface area contributed by atoms with Crippen LogP contribution in [0.25, 0.3) is 0 Å². The number of amides is 1. The predicted octanol–water partition coefficient (Wildman–Crippen LogP) is 1.20. The standard InChI is InChI=1S/C22H28ClN3O/c1-17-7-3-4-8-19(17)16-25-11-13-26(14-12-25)22(27)15-24-18(2)20-9-5-6-10-21(20)23/h3-10,18,24H,11-16H2,1-2H3/p+2/t18-/m0/s1. The number of carbonyl (C=O) groups is 1. The molecule has 1 atom stereocenters. The first-order chi connectivity index (χ1) is 13.0. The van der Waals surface area contributed by atoms with Crippen molar-refractivity contribution in [2.75, 3.05) is 32.7 Å². The van der Waals surface area contributed by atoms with Gasteiger partial charge >= 0.3 is 0 Å². The van der Waals surface area contributed by atoms with Gasteiger partial charge in [-0.25, -0.2) is 0 Å². The van der Waals surface area contributed by atoms with E-state index in [-0.39, 0.29) is 11.9 Å². The first-order valence-corrected chi connectivity index (χ1v) is 10.2. The number of nitrogens with one attached hydrogen (secondary N) is 1. The Balaban J connectivity index is 1.45. The molecule has 2 aromatic rings. The van der Waals surface area contributed by atoms with Crippen LogP contribution < -0.4 is 10.2 Å². The highest BCUT2D eigenvalue weighted by Crippen LogP contribution is 2.19. The zero-order chi connectivity index (χ0) is 19.2. The summed E-state index contributed by atoms with van der Waals surface area (Å²) in [5.74, 6) is 0.226. The topological polar surface area (TPSA) is 41.4 Å². The van der Waals surface area contributed by atoms with E-state index in [4.69, 9.17) is 11.6 Å². The molecular formula is C22H30ClN3O+2. The Bertz CT molecular complexity index is 772. The number of quaternary nitrogens is 2. The lowest BCUT2D eigenvalue weighted by Gasteiger charge is -2.32. The molecule has 1 amide bonds. The molecule has 0 unspecified atom stereocenters. The van der Waals surface area contributed by atoms with Crippen LogP contribution in [0.4, 0.5) is 0 Å². The highest BCUT2D eigenvalue weighted by Gasteiger charge is 2.25. The van der Waals surface area contributed by atoms with Crippen LogP contribution in [0.15, 0.2) is 48.5 Å². The van der Waals surface area contributed by atoms with Gasteiger partial charge in [-0.1, -0.05) is 54.1 Å². The molecule has 0 aromatic heterocycles. The number of nitrogens with zero attached hydrogens (tertiary/aromatic N) is 1. The number of hydrogen-bond acceptors (Lipinski definition) is 1. The Labute approximate surface area is 167 Å². The van der Waals surface area contributed by atoms with Crippen molar-refractivity contribution in [3.8, 4) is 0 Å². The molecule has 2 aromatic carbocycles. The number of hydrogen-bond donors (Lipinski definition) is 2. The fourth-order valence-electron chi connectivity index (χ4n) is 3.70. The minimum atomic E-state index is 0.176. The summed E-state index contributed by atoms with van der Waals surface area (Å²) >= 11 is 6.26. The second kappa shape index (κ2) is 9.36. The first kappa shape index (κ1) is 19.9. The SMILES string of the molecule is Cc1ccccc1C[NH+]1CCN(C(=O)C[NH2+][C@@H](C)c2ccccc2Cl)CC1. The number of carbonyl (C=O) groups excluding carboxylic acids is 1. The Hall–Kier alpha value is -1.88. The van der Waals surface area contributed by atoms with Gasteiger partial charge in [-0.15, -0.1) is 0 Å². The van der Waals surface area contributed by atoms with Crippen LogP contribution in [0, 0.1) is 6.92 Å². The molecule has 1 aliphatic rings. The Kier molecular flexibility index (Phi) is 6.89. The molecule has 1 fully saturated rings. The minimum Gasteiger partial charge on any atom is -0.332 e. The summed E-state index contributed by atoms with van der Waals surface area (Å²) in [4.78, 5) is 16.2. The zero-order valence-electron chi connectivity index (χ0n) is 16.2. The van der Waals surface area contributed by atoms with E-state index in [1.54, 1.807) is 4.90 Å². The number of benzene rings is 2. The van der Waals surface area contributed by atoms with Crippen molar-refractivity contribution < 1.29 is 15.0 Å². The normalized spacial score (nSPS) is 16.3. The molecule has 144 valence electrons. The third-order valence-electron chi connectivity index (χ3n) is 5.57. The summed E-state index contributed by atoms with van der Waals surface area (Å²) in [5.41, 5.74) is 3.85. The van der Waals surface area contributed by atoms with E-state index in [1.807, 2.05) is 29.2 Å². The van der Waals surface area contributed by atoms with Crippen LogP contribution in [0.1, 0.15) is 29.7 Å². The van der Waals surface area contributed by atoms with Gasteiger partial charge in [0.1, 0.15) is 12.6 Å². The van der Waals surface area contributed by atoms with Crippen molar-refractivity contribution in [2.45, 2.75) is 26.4 Å². The van der Waals surface area contributed by atoms with Crippen molar-refractivity contribution in [1.82, 2.24) is 4.90 Å². The third kappa shape index (κ3) is 5.32. The third-order valence-corrected chi connectivity index (χ3v) is 5.91. The van der Waals surface area contributed by atoms with Crippen LogP contribution in [-0.2, 0) is 11.3 Å². The lowest BCUT2D eigenvalue weighted by molar-refractivity contribution is -0.917. The maximum absolute atomic E-state index is 12.6. The molecule has 5 heteroatoms. The molecule has 3 N–H and O–H groups in total. The van der Waals surface area contributed by atoms with Gasteiger partial charge < -0.3 is 15.1 Å². The van der Waals surface area contributed by atoms with E-state index in [1.165, 1.54) is 11.1 Å². The van der Waals surface area contributed by atoms with Gasteiger partial charge in [-0.2, -0.15) is 0 Å². The molecule has 3 rings (SSSR count). The summed E-state index contributed by atoms with van der Waals surface area (Å²) in [6.45, 7) is 9.50. The Morgan fingerprint density at radius 2 is 1.81 bits per heavy atom. The van der Waals surface area contributed by atoms with E-state index in [2.05, 4.69) is 43.4 Å². The van der Waals surface area contributed by atoms with Crippen LogP contribution in [0.2, 0.25) is 5.02 Å². The van der Waals surface area contributed by atoms with Crippen molar-refractivity contribution in [3.05, 3.63) is 70.2 Å². The predicted molar refractivity (Wildman–Crippen MR) is 109 cm³/mol. The maximum atomic E-state index is 12.6. The zero-order valence-corrected chi connectivity index (χ0v) is 17.0. The van der Waals surface area contributed by atoms with Crippen LogP contribution >= 0.6 is 11.6 Å². The number of aryl methyl sites for hydroxylation is 1. The van der Waals surface area contributed by atoms with E-state index < -0.39 is 0 Å². The van der Waals surface area contributed by atoms with E-state index >= 15 is 0 Å². The number of rotatable bonds is 6. The highest BCUT2D eigenvalue weighted by molar-refractivity contribution is 6.31. The molecule has 0 aliphatic carbocycles. The van der Waals surface area contributed by atoms with Gasteiger partial charge in [0.2, 0.25) is 0 Å². The highest BCUT2D eigenvalue weighted by atomic mass is 35.5. The summed E-state index contributed by atoms with van der Waals surface area (Å²) in [5, 5.41) is 2.85. The maximum Gasteiger partial charge on any atom is 0.278 e. The van der Waals surface area contributed by atoms with Gasteiger partial charge in [-0.05, 0) is 25.5 Å². The molecule has 0 bridgehead atoms. The molecule has 1 saturated heterocycles. The summed E-state index contributed by atoms with van der Waals surface area (Å²) in [7, 11) is 0.